The number of rotatable bonds is 3. The molecule has 0 nitrogen and oxygen atoms in total. The minimum absolute atomic E-state index is 0.512. The maximum Gasteiger partial charge on any atom is 0.0183 e. The molecule has 1 aromatic rings. The van der Waals surface area contributed by atoms with Gasteiger partial charge in [-0.2, -0.15) is 0 Å². The van der Waals surface area contributed by atoms with E-state index in [1.165, 1.54) is 119 Å². The molecule has 0 aromatic carbocycles. The maximum atomic E-state index is 3.30. The van der Waals surface area contributed by atoms with E-state index in [0.29, 0.717) is 10.8 Å². The molecular formula is C47H54S. The van der Waals surface area contributed by atoms with Gasteiger partial charge in [0, 0.05) is 15.7 Å². The summed E-state index contributed by atoms with van der Waals surface area (Å²) in [6.07, 6.45) is 18.1. The minimum Gasteiger partial charge on any atom is -0.148 e. The van der Waals surface area contributed by atoms with Crippen molar-refractivity contribution in [3.8, 4) is 0 Å². The summed E-state index contributed by atoms with van der Waals surface area (Å²) in [5.41, 5.74) is 3.24. The van der Waals surface area contributed by atoms with Gasteiger partial charge in [-0.1, -0.05) is 31.1 Å². The van der Waals surface area contributed by atoms with Crippen molar-refractivity contribution in [1.29, 1.82) is 0 Å². The molecule has 0 radical (unpaired) electrons. The quantitative estimate of drug-likeness (QED) is 0.286. The lowest BCUT2D eigenvalue weighted by Gasteiger charge is -2.62. The van der Waals surface area contributed by atoms with Crippen LogP contribution in [0.1, 0.15) is 69.6 Å². The zero-order valence-corrected chi connectivity index (χ0v) is 29.6. The Morgan fingerprint density at radius 2 is 1.10 bits per heavy atom. The third-order valence-electron chi connectivity index (χ3n) is 24.9. The smallest absolute Gasteiger partial charge is 0.0183 e. The van der Waals surface area contributed by atoms with Crippen LogP contribution in [0.3, 0.4) is 0 Å². The predicted octanol–water partition coefficient (Wildman–Crippen LogP) is 9.53. The van der Waals surface area contributed by atoms with E-state index in [9.17, 15) is 0 Å². The molecule has 0 N–H and O–H groups in total. The highest BCUT2D eigenvalue weighted by atomic mass is 32.1. The first kappa shape index (κ1) is 24.6. The van der Waals surface area contributed by atoms with Gasteiger partial charge in [0.2, 0.25) is 0 Å². The molecule has 31 unspecified atom stereocenters. The van der Waals surface area contributed by atoms with Crippen molar-refractivity contribution in [2.24, 2.45) is 177 Å². The van der Waals surface area contributed by atoms with Crippen LogP contribution in [-0.2, 0) is 5.41 Å². The lowest BCUT2D eigenvalue weighted by Crippen LogP contribution is -2.59. The van der Waals surface area contributed by atoms with E-state index in [0.717, 1.165) is 65.1 Å². The number of hydrogen-bond donors (Lipinski definition) is 0. The molecule has 17 aliphatic rings. The van der Waals surface area contributed by atoms with Crippen LogP contribution in [0.2, 0.25) is 0 Å². The zero-order chi connectivity index (χ0) is 29.8. The van der Waals surface area contributed by atoms with Gasteiger partial charge in [0.05, 0.1) is 0 Å². The predicted molar refractivity (Wildman–Crippen MR) is 185 cm³/mol. The molecule has 18 rings (SSSR count). The molecule has 0 aliphatic heterocycles. The van der Waals surface area contributed by atoms with Crippen LogP contribution >= 0.6 is 11.3 Å². The first-order valence-electron chi connectivity index (χ1n) is 22.5. The Balaban J connectivity index is 0.990. The van der Waals surface area contributed by atoms with E-state index in [1.807, 2.05) is 4.88 Å². The van der Waals surface area contributed by atoms with Crippen molar-refractivity contribution in [2.45, 2.75) is 70.1 Å². The molecule has 17 aliphatic carbocycles. The highest BCUT2D eigenvalue weighted by Crippen LogP contribution is 2.97. The molecule has 1 spiro atoms. The molecule has 48 heavy (non-hydrogen) atoms. The molecule has 1 heteroatoms. The Morgan fingerprint density at radius 1 is 0.583 bits per heavy atom. The first-order chi connectivity index (χ1) is 23.8. The third kappa shape index (κ3) is 1.88. The molecule has 0 amide bonds. The normalized spacial score (nSPS) is 79.4. The number of hydrogen-bond acceptors (Lipinski definition) is 1. The summed E-state index contributed by atoms with van der Waals surface area (Å²) in [5, 5.41) is 2.50. The summed E-state index contributed by atoms with van der Waals surface area (Å²) < 4.78 is 0. The first-order valence-corrected chi connectivity index (χ1v) is 23.4. The second-order valence-electron chi connectivity index (χ2n) is 23.7. The van der Waals surface area contributed by atoms with Crippen LogP contribution in [0.15, 0.2) is 29.2 Å². The van der Waals surface area contributed by atoms with E-state index < -0.39 is 0 Å². The van der Waals surface area contributed by atoms with Gasteiger partial charge in [-0.3, -0.25) is 0 Å². The summed E-state index contributed by atoms with van der Waals surface area (Å²) in [4.78, 5) is 1.88. The van der Waals surface area contributed by atoms with Crippen molar-refractivity contribution >= 4 is 11.3 Å². The third-order valence-corrected chi connectivity index (χ3v) is 26.0. The lowest BCUT2D eigenvalue weighted by molar-refractivity contribution is -0.151. The van der Waals surface area contributed by atoms with Gasteiger partial charge in [0.15, 0.2) is 0 Å². The van der Waals surface area contributed by atoms with Crippen LogP contribution < -0.4 is 0 Å². The summed E-state index contributed by atoms with van der Waals surface area (Å²) >= 11 is 2.22. The Bertz CT molecular complexity index is 1840. The van der Waals surface area contributed by atoms with Crippen molar-refractivity contribution < 1.29 is 0 Å². The Labute approximate surface area is 291 Å². The SMILES string of the molecule is CCCC1(c2cccs2)C2C3CC4CC5CC6CC7CC8CC9CC%10=CC21C1C%10C2C9C9C8C7C7C6C6C5C4C4C3C1C1C2C9C7C6C41. The van der Waals surface area contributed by atoms with E-state index in [2.05, 4.69) is 47.4 Å². The zero-order valence-electron chi connectivity index (χ0n) is 28.8. The van der Waals surface area contributed by atoms with E-state index >= 15 is 0 Å². The molecule has 1 heterocycles. The lowest BCUT2D eigenvalue weighted by atomic mass is 9.42. The largest absolute Gasteiger partial charge is 0.148 e. The maximum absolute atomic E-state index is 3.30. The highest BCUT2D eigenvalue weighted by Gasteiger charge is 2.94. The van der Waals surface area contributed by atoms with Crippen LogP contribution in [-0.4, -0.2) is 0 Å². The van der Waals surface area contributed by atoms with Crippen molar-refractivity contribution in [3.63, 3.8) is 0 Å². The number of fused-ring (bicyclic) bond motifs is 1. The van der Waals surface area contributed by atoms with Gasteiger partial charge in [-0.15, -0.1) is 11.3 Å². The highest BCUT2D eigenvalue weighted by molar-refractivity contribution is 7.10. The molecule has 248 valence electrons. The molecule has 0 saturated heterocycles. The second-order valence-corrected chi connectivity index (χ2v) is 24.6. The average molecular weight is 651 g/mol. The number of allylic oxidation sites excluding steroid dienone is 2. The van der Waals surface area contributed by atoms with Gasteiger partial charge >= 0.3 is 0 Å². The minimum atomic E-state index is 0.512. The Kier molecular flexibility index (Phi) is 3.51. The molecule has 16 fully saturated rings. The van der Waals surface area contributed by atoms with E-state index in [4.69, 9.17) is 0 Å². The summed E-state index contributed by atoms with van der Waals surface area (Å²) in [6, 6.07) is 5.17. The summed E-state index contributed by atoms with van der Waals surface area (Å²) in [6.45, 7) is 2.59. The molecule has 1 aromatic heterocycles. The van der Waals surface area contributed by atoms with Crippen molar-refractivity contribution in [2.75, 3.05) is 0 Å². The van der Waals surface area contributed by atoms with E-state index in [1.54, 1.807) is 44.9 Å². The molecule has 31 atom stereocenters. The Morgan fingerprint density at radius 3 is 1.73 bits per heavy atom. The van der Waals surface area contributed by atoms with Gasteiger partial charge < -0.3 is 0 Å². The topological polar surface area (TPSA) is 0 Å². The average Bonchev–Trinajstić information content (AvgIpc) is 3.86. The van der Waals surface area contributed by atoms with E-state index in [-0.39, 0.29) is 0 Å². The molecule has 16 saturated carbocycles. The van der Waals surface area contributed by atoms with Crippen LogP contribution in [0.5, 0.6) is 0 Å². The van der Waals surface area contributed by atoms with Crippen LogP contribution in [0, 0.1) is 177 Å². The fourth-order valence-corrected chi connectivity index (χ4v) is 28.0. The summed E-state index contributed by atoms with van der Waals surface area (Å²) in [7, 11) is 0. The standard InChI is InChI=1S/C47H54S/c1-2-5-46(23-4-3-6-48-23)45-22-13-20-11-17-9-18-8-15-7-16-10-19-12-21-14-47(45,46)44-30(21)35-29(19)34-25(16)24(15)32-28(18)33-26(17)27(20)36-31(22)43(44)42-40(35)38(34)37(32)39(33)41(36)42/h3-4,6,14-20,22,24-45H,2,5,7-13H2,1H3. The van der Waals surface area contributed by atoms with Gasteiger partial charge in [0.1, 0.15) is 0 Å². The summed E-state index contributed by atoms with van der Waals surface area (Å²) in [5.74, 6) is 34.1. The van der Waals surface area contributed by atoms with Crippen molar-refractivity contribution in [3.05, 3.63) is 34.0 Å². The fourth-order valence-electron chi connectivity index (χ4n) is 27.0. The second kappa shape index (κ2) is 6.84. The van der Waals surface area contributed by atoms with Crippen LogP contribution in [0.4, 0.5) is 0 Å². The monoisotopic (exact) mass is 650 g/mol. The molecular weight excluding hydrogens is 597 g/mol. The van der Waals surface area contributed by atoms with Gasteiger partial charge in [-0.25, -0.2) is 0 Å². The molecule has 0 bridgehead atoms. The van der Waals surface area contributed by atoms with Gasteiger partial charge in [-0.05, 0) is 234 Å². The van der Waals surface area contributed by atoms with Gasteiger partial charge in [0.25, 0.3) is 0 Å². The van der Waals surface area contributed by atoms with Crippen LogP contribution in [0.25, 0.3) is 0 Å². The Hall–Kier alpha value is -0.560. The van der Waals surface area contributed by atoms with Crippen molar-refractivity contribution in [1.82, 2.24) is 0 Å². The number of thiophene rings is 1. The fraction of sp³-hybridized carbons (Fsp3) is 0.872.